The summed E-state index contributed by atoms with van der Waals surface area (Å²) in [6.07, 6.45) is 2.93. The number of halogens is 2. The van der Waals surface area contributed by atoms with Crippen molar-refractivity contribution in [1.82, 2.24) is 0 Å². The van der Waals surface area contributed by atoms with Crippen molar-refractivity contribution in [3.8, 4) is 11.5 Å². The number of phenols is 1. The molecule has 1 N–H and O–H groups in total. The van der Waals surface area contributed by atoms with Crippen LogP contribution in [0.25, 0.3) is 6.08 Å². The van der Waals surface area contributed by atoms with E-state index < -0.39 is 5.82 Å². The van der Waals surface area contributed by atoms with Crippen molar-refractivity contribution in [1.29, 1.82) is 0 Å². The summed E-state index contributed by atoms with van der Waals surface area (Å²) in [6, 6.07) is 13.2. The predicted molar refractivity (Wildman–Crippen MR) is 95.9 cm³/mol. The molecule has 26 heavy (non-hydrogen) atoms. The minimum atomic E-state index is -0.439. The molecular formula is C20H14ClFO4. The Morgan fingerprint density at radius 1 is 1.15 bits per heavy atom. The van der Waals surface area contributed by atoms with Gasteiger partial charge in [-0.05, 0) is 66.7 Å². The number of rotatable bonds is 6. The number of aromatic hydroxyl groups is 1. The van der Waals surface area contributed by atoms with Crippen LogP contribution in [0, 0.1) is 5.82 Å². The van der Waals surface area contributed by atoms with Gasteiger partial charge in [0, 0.05) is 5.56 Å². The Balaban J connectivity index is 1.60. The Morgan fingerprint density at radius 2 is 1.92 bits per heavy atom. The monoisotopic (exact) mass is 372 g/mol. The lowest BCUT2D eigenvalue weighted by molar-refractivity contribution is 0.104. The molecule has 4 nitrogen and oxygen atoms in total. The van der Waals surface area contributed by atoms with Crippen molar-refractivity contribution in [2.24, 2.45) is 0 Å². The number of benzene rings is 2. The van der Waals surface area contributed by atoms with Crippen LogP contribution < -0.4 is 4.74 Å². The number of hydrogen-bond acceptors (Lipinski definition) is 4. The molecule has 0 aliphatic heterocycles. The fourth-order valence-electron chi connectivity index (χ4n) is 2.18. The SMILES string of the molecule is O=C(/C=C/c1ccc(COc2ccc(F)cc2Cl)o1)c1ccc(O)cc1. The third-order valence-corrected chi connectivity index (χ3v) is 3.79. The number of furan rings is 1. The standard InChI is InChI=1S/C20H14ClFO4/c21-18-11-14(22)3-10-20(18)25-12-17-7-6-16(26-17)8-9-19(24)13-1-4-15(23)5-2-13/h1-11,23H,12H2/b9-8+. The number of ether oxygens (including phenoxy) is 1. The minimum absolute atomic E-state index is 0.0995. The van der Waals surface area contributed by atoms with Crippen LogP contribution in [0.1, 0.15) is 21.9 Å². The molecule has 0 saturated carbocycles. The third-order valence-electron chi connectivity index (χ3n) is 3.50. The van der Waals surface area contributed by atoms with Crippen LogP contribution in [0.4, 0.5) is 4.39 Å². The third kappa shape index (κ3) is 4.52. The maximum atomic E-state index is 13.0. The zero-order chi connectivity index (χ0) is 18.5. The second kappa shape index (κ2) is 7.89. The van der Waals surface area contributed by atoms with Gasteiger partial charge in [0.25, 0.3) is 0 Å². The maximum absolute atomic E-state index is 13.0. The Morgan fingerprint density at radius 3 is 2.65 bits per heavy atom. The van der Waals surface area contributed by atoms with Gasteiger partial charge in [-0.15, -0.1) is 0 Å². The number of phenolic OH excluding ortho intramolecular Hbond substituents is 1. The van der Waals surface area contributed by atoms with E-state index in [2.05, 4.69) is 0 Å². The molecule has 0 spiro atoms. The van der Waals surface area contributed by atoms with Gasteiger partial charge >= 0.3 is 0 Å². The lowest BCUT2D eigenvalue weighted by Crippen LogP contribution is -1.94. The van der Waals surface area contributed by atoms with Gasteiger partial charge in [-0.1, -0.05) is 11.6 Å². The van der Waals surface area contributed by atoms with E-state index in [0.29, 0.717) is 22.8 Å². The average Bonchev–Trinajstić information content (AvgIpc) is 3.07. The van der Waals surface area contributed by atoms with Crippen molar-refractivity contribution < 1.29 is 23.4 Å². The summed E-state index contributed by atoms with van der Waals surface area (Å²) in [5.74, 6) is 0.818. The first-order chi connectivity index (χ1) is 12.5. The van der Waals surface area contributed by atoms with Crippen LogP contribution in [-0.4, -0.2) is 10.9 Å². The highest BCUT2D eigenvalue weighted by molar-refractivity contribution is 6.32. The number of allylic oxidation sites excluding steroid dienone is 1. The summed E-state index contributed by atoms with van der Waals surface area (Å²) in [4.78, 5) is 12.0. The first-order valence-electron chi connectivity index (χ1n) is 7.69. The van der Waals surface area contributed by atoms with E-state index in [9.17, 15) is 14.3 Å². The number of ketones is 1. The van der Waals surface area contributed by atoms with Crippen molar-refractivity contribution in [3.63, 3.8) is 0 Å². The van der Waals surface area contributed by atoms with Crippen molar-refractivity contribution >= 4 is 23.5 Å². The zero-order valence-corrected chi connectivity index (χ0v) is 14.2. The van der Waals surface area contributed by atoms with Gasteiger partial charge in [-0.3, -0.25) is 4.79 Å². The Bertz CT molecular complexity index is 945. The van der Waals surface area contributed by atoms with Gasteiger partial charge < -0.3 is 14.3 Å². The first-order valence-corrected chi connectivity index (χ1v) is 8.07. The number of hydrogen-bond donors (Lipinski definition) is 1. The topological polar surface area (TPSA) is 59.7 Å². The molecule has 3 rings (SSSR count). The highest BCUT2D eigenvalue weighted by atomic mass is 35.5. The molecule has 1 heterocycles. The van der Waals surface area contributed by atoms with Gasteiger partial charge in [0.05, 0.1) is 5.02 Å². The smallest absolute Gasteiger partial charge is 0.185 e. The average molecular weight is 373 g/mol. The van der Waals surface area contributed by atoms with E-state index in [4.69, 9.17) is 20.8 Å². The molecule has 6 heteroatoms. The molecule has 1 aromatic heterocycles. The summed E-state index contributed by atoms with van der Waals surface area (Å²) >= 11 is 5.89. The molecule has 0 saturated heterocycles. The van der Waals surface area contributed by atoms with Crippen molar-refractivity contribution in [2.45, 2.75) is 6.61 Å². The molecular weight excluding hydrogens is 359 g/mol. The van der Waals surface area contributed by atoms with E-state index in [1.165, 1.54) is 48.5 Å². The van der Waals surface area contributed by atoms with Crippen LogP contribution in [0.3, 0.4) is 0 Å². The van der Waals surface area contributed by atoms with E-state index >= 15 is 0 Å². The summed E-state index contributed by atoms with van der Waals surface area (Å²) in [5, 5.41) is 9.41. The highest BCUT2D eigenvalue weighted by Gasteiger charge is 2.06. The molecule has 0 unspecified atom stereocenters. The molecule has 0 radical (unpaired) electrons. The number of carbonyl (C=O) groups is 1. The van der Waals surface area contributed by atoms with Crippen LogP contribution >= 0.6 is 11.6 Å². The van der Waals surface area contributed by atoms with E-state index in [1.54, 1.807) is 18.2 Å². The summed E-state index contributed by atoms with van der Waals surface area (Å²) < 4.78 is 24.0. The van der Waals surface area contributed by atoms with Crippen LogP contribution in [0.2, 0.25) is 5.02 Å². The molecule has 0 amide bonds. The Labute approximate surface area is 154 Å². The summed E-state index contributed by atoms with van der Waals surface area (Å²) in [6.45, 7) is 0.116. The normalized spacial score (nSPS) is 11.0. The predicted octanol–water partition coefficient (Wildman–Crippen LogP) is 5.25. The highest BCUT2D eigenvalue weighted by Crippen LogP contribution is 2.26. The molecule has 0 aliphatic rings. The van der Waals surface area contributed by atoms with E-state index in [-0.39, 0.29) is 23.2 Å². The van der Waals surface area contributed by atoms with Crippen molar-refractivity contribution in [2.75, 3.05) is 0 Å². The van der Waals surface area contributed by atoms with Crippen molar-refractivity contribution in [3.05, 3.63) is 88.6 Å². The second-order valence-corrected chi connectivity index (χ2v) is 5.82. The fraction of sp³-hybridized carbons (Fsp3) is 0.0500. The first kappa shape index (κ1) is 17.8. The minimum Gasteiger partial charge on any atom is -0.508 e. The molecule has 0 fully saturated rings. The van der Waals surface area contributed by atoms with Crippen LogP contribution in [-0.2, 0) is 6.61 Å². The molecule has 0 aliphatic carbocycles. The quantitative estimate of drug-likeness (QED) is 0.474. The largest absolute Gasteiger partial charge is 0.508 e. The Kier molecular flexibility index (Phi) is 5.39. The molecule has 3 aromatic rings. The van der Waals surface area contributed by atoms with E-state index in [0.717, 1.165) is 0 Å². The van der Waals surface area contributed by atoms with Crippen LogP contribution in [0.15, 0.2) is 65.1 Å². The van der Waals surface area contributed by atoms with Gasteiger partial charge in [-0.25, -0.2) is 4.39 Å². The zero-order valence-electron chi connectivity index (χ0n) is 13.5. The molecule has 2 aromatic carbocycles. The lowest BCUT2D eigenvalue weighted by atomic mass is 10.1. The molecule has 0 bridgehead atoms. The summed E-state index contributed by atoms with van der Waals surface area (Å²) in [5.41, 5.74) is 0.458. The van der Waals surface area contributed by atoms with Gasteiger partial charge in [0.1, 0.15) is 35.4 Å². The van der Waals surface area contributed by atoms with Crippen LogP contribution in [0.5, 0.6) is 11.5 Å². The molecule has 132 valence electrons. The fourth-order valence-corrected chi connectivity index (χ4v) is 2.40. The summed E-state index contributed by atoms with van der Waals surface area (Å²) in [7, 11) is 0. The van der Waals surface area contributed by atoms with E-state index in [1.807, 2.05) is 0 Å². The van der Waals surface area contributed by atoms with Gasteiger partial charge in [-0.2, -0.15) is 0 Å². The molecule has 0 atom stereocenters. The Hall–Kier alpha value is -3.05. The maximum Gasteiger partial charge on any atom is 0.185 e. The van der Waals surface area contributed by atoms with Gasteiger partial charge in [0.2, 0.25) is 0 Å². The number of carbonyl (C=O) groups excluding carboxylic acids is 1. The second-order valence-electron chi connectivity index (χ2n) is 5.41. The lowest BCUT2D eigenvalue weighted by Gasteiger charge is -2.05. The van der Waals surface area contributed by atoms with Gasteiger partial charge in [0.15, 0.2) is 5.78 Å².